The monoisotopic (exact) mass is 291 g/mol. The first kappa shape index (κ1) is 15.7. The molecule has 1 heterocycles. The van der Waals surface area contributed by atoms with Crippen molar-refractivity contribution in [3.63, 3.8) is 0 Å². The van der Waals surface area contributed by atoms with Crippen LogP contribution in [0.4, 0.5) is 5.69 Å². The number of hydrogen-bond donors (Lipinski definition) is 3. The van der Waals surface area contributed by atoms with Crippen LogP contribution in [0.3, 0.4) is 0 Å². The zero-order chi connectivity index (χ0) is 15.4. The molecule has 1 fully saturated rings. The van der Waals surface area contributed by atoms with Crippen molar-refractivity contribution in [3.8, 4) is 0 Å². The molecule has 2 unspecified atom stereocenters. The van der Waals surface area contributed by atoms with Crippen LogP contribution in [0.15, 0.2) is 6.20 Å². The number of carbonyl (C=O) groups is 1. The van der Waals surface area contributed by atoms with Gasteiger partial charge in [0.25, 0.3) is 5.91 Å². The third-order valence-corrected chi connectivity index (χ3v) is 4.12. The fraction of sp³-hybridized carbons (Fsp3) is 0.667. The van der Waals surface area contributed by atoms with Gasteiger partial charge < -0.3 is 10.7 Å². The Labute approximate surface area is 125 Å². The van der Waals surface area contributed by atoms with Crippen LogP contribution >= 0.6 is 0 Å². The van der Waals surface area contributed by atoms with Crippen LogP contribution in [0.1, 0.15) is 68.7 Å². The molecule has 0 saturated heterocycles. The number of nitrogens with zero attached hydrogens (tertiary/aromatic N) is 2. The summed E-state index contributed by atoms with van der Waals surface area (Å²) in [4.78, 5) is 21.1. The number of hydrogen-bond acceptors (Lipinski definition) is 5. The normalized spacial score (nSPS) is 22.1. The zero-order valence-electron chi connectivity index (χ0n) is 13.0. The average molecular weight is 291 g/mol. The number of nitrogens with two attached hydrogens (primary N) is 1. The Hall–Kier alpha value is -1.69. The molecule has 21 heavy (non-hydrogen) atoms. The summed E-state index contributed by atoms with van der Waals surface area (Å²) in [5, 5.41) is 3.10. The summed E-state index contributed by atoms with van der Waals surface area (Å²) in [7, 11) is 0. The summed E-state index contributed by atoms with van der Waals surface area (Å²) < 4.78 is 0. The Kier molecular flexibility index (Phi) is 5.12. The van der Waals surface area contributed by atoms with E-state index in [1.807, 2.05) is 13.8 Å². The molecule has 1 amide bonds. The van der Waals surface area contributed by atoms with Crippen molar-refractivity contribution < 1.29 is 4.79 Å². The Bertz CT molecular complexity index is 503. The Morgan fingerprint density at radius 2 is 2.10 bits per heavy atom. The molecule has 0 aromatic carbocycles. The van der Waals surface area contributed by atoms with Crippen LogP contribution in [0.5, 0.6) is 0 Å². The van der Waals surface area contributed by atoms with Gasteiger partial charge in [-0.25, -0.2) is 9.97 Å². The highest BCUT2D eigenvalue weighted by atomic mass is 16.2. The molecule has 1 aromatic heterocycles. The van der Waals surface area contributed by atoms with Gasteiger partial charge in [-0.3, -0.25) is 10.6 Å². The molecule has 1 saturated carbocycles. The van der Waals surface area contributed by atoms with E-state index in [0.29, 0.717) is 23.1 Å². The molecule has 4 N–H and O–H groups in total. The molecule has 2 atom stereocenters. The maximum atomic E-state index is 12.5. The minimum atomic E-state index is -0.175. The molecule has 1 aromatic rings. The highest BCUT2D eigenvalue weighted by Crippen LogP contribution is 2.24. The van der Waals surface area contributed by atoms with Crippen LogP contribution in [-0.2, 0) is 0 Å². The lowest BCUT2D eigenvalue weighted by atomic mass is 9.86. The molecule has 0 spiro atoms. The van der Waals surface area contributed by atoms with Crippen LogP contribution in [0.2, 0.25) is 0 Å². The molecular weight excluding hydrogens is 266 g/mol. The molecule has 116 valence electrons. The van der Waals surface area contributed by atoms with Gasteiger partial charge in [0.1, 0.15) is 5.82 Å². The molecule has 6 nitrogen and oxygen atoms in total. The second kappa shape index (κ2) is 6.85. The zero-order valence-corrected chi connectivity index (χ0v) is 13.0. The Morgan fingerprint density at radius 1 is 1.38 bits per heavy atom. The number of amides is 1. The van der Waals surface area contributed by atoms with Crippen molar-refractivity contribution in [1.29, 1.82) is 0 Å². The van der Waals surface area contributed by atoms with Gasteiger partial charge in [-0.15, -0.1) is 0 Å². The van der Waals surface area contributed by atoms with Crippen molar-refractivity contribution in [2.75, 3.05) is 5.43 Å². The number of rotatable bonds is 4. The summed E-state index contributed by atoms with van der Waals surface area (Å²) in [6.45, 7) is 6.18. The second-order valence-corrected chi connectivity index (χ2v) is 6.13. The number of aromatic nitrogens is 2. The van der Waals surface area contributed by atoms with Crippen LogP contribution in [0.25, 0.3) is 0 Å². The molecule has 0 bridgehead atoms. The average Bonchev–Trinajstić information content (AvgIpc) is 2.48. The van der Waals surface area contributed by atoms with Gasteiger partial charge in [-0.1, -0.05) is 33.6 Å². The Balaban J connectivity index is 2.18. The van der Waals surface area contributed by atoms with Crippen molar-refractivity contribution in [2.45, 2.75) is 58.4 Å². The van der Waals surface area contributed by atoms with E-state index in [9.17, 15) is 4.79 Å². The van der Waals surface area contributed by atoms with Crippen molar-refractivity contribution >= 4 is 11.6 Å². The predicted molar refractivity (Wildman–Crippen MR) is 82.8 cm³/mol. The fourth-order valence-electron chi connectivity index (χ4n) is 2.72. The SMILES string of the molecule is CC(C)c1ncc(NN)c(C(=O)NC2CCCCC2C)n1. The lowest BCUT2D eigenvalue weighted by Crippen LogP contribution is -2.41. The number of nitrogen functional groups attached to an aromatic ring is 1. The van der Waals surface area contributed by atoms with Gasteiger partial charge in [0, 0.05) is 12.0 Å². The summed E-state index contributed by atoms with van der Waals surface area (Å²) in [5.41, 5.74) is 3.29. The third-order valence-electron chi connectivity index (χ3n) is 4.12. The van der Waals surface area contributed by atoms with E-state index in [-0.39, 0.29) is 17.9 Å². The van der Waals surface area contributed by atoms with E-state index >= 15 is 0 Å². The van der Waals surface area contributed by atoms with E-state index in [1.165, 1.54) is 6.42 Å². The van der Waals surface area contributed by atoms with Gasteiger partial charge in [0.2, 0.25) is 0 Å². The largest absolute Gasteiger partial charge is 0.348 e. The van der Waals surface area contributed by atoms with Gasteiger partial charge in [-0.2, -0.15) is 0 Å². The molecule has 1 aliphatic carbocycles. The molecule has 0 radical (unpaired) electrons. The number of anilines is 1. The predicted octanol–water partition coefficient (Wildman–Crippen LogP) is 2.19. The Morgan fingerprint density at radius 3 is 2.71 bits per heavy atom. The molecule has 2 rings (SSSR count). The van der Waals surface area contributed by atoms with E-state index in [0.717, 1.165) is 19.3 Å². The van der Waals surface area contributed by atoms with Crippen molar-refractivity contribution in [3.05, 3.63) is 17.7 Å². The van der Waals surface area contributed by atoms with Crippen LogP contribution in [-0.4, -0.2) is 21.9 Å². The lowest BCUT2D eigenvalue weighted by molar-refractivity contribution is 0.0905. The summed E-state index contributed by atoms with van der Waals surface area (Å²) in [6.07, 6.45) is 6.17. The minimum absolute atomic E-state index is 0.164. The van der Waals surface area contributed by atoms with Crippen molar-refractivity contribution in [2.24, 2.45) is 11.8 Å². The first-order valence-corrected chi connectivity index (χ1v) is 7.67. The minimum Gasteiger partial charge on any atom is -0.348 e. The molecule has 0 aliphatic heterocycles. The summed E-state index contributed by atoms with van der Waals surface area (Å²) >= 11 is 0. The van der Waals surface area contributed by atoms with E-state index in [1.54, 1.807) is 6.20 Å². The summed E-state index contributed by atoms with van der Waals surface area (Å²) in [5.74, 6) is 6.61. The van der Waals surface area contributed by atoms with Crippen molar-refractivity contribution in [1.82, 2.24) is 15.3 Å². The maximum absolute atomic E-state index is 12.5. The fourth-order valence-corrected chi connectivity index (χ4v) is 2.72. The third kappa shape index (κ3) is 3.69. The van der Waals surface area contributed by atoms with Crippen LogP contribution in [0, 0.1) is 5.92 Å². The first-order valence-electron chi connectivity index (χ1n) is 7.67. The number of nitrogens with one attached hydrogen (secondary N) is 2. The maximum Gasteiger partial charge on any atom is 0.272 e. The highest BCUT2D eigenvalue weighted by molar-refractivity contribution is 5.97. The van der Waals surface area contributed by atoms with E-state index < -0.39 is 0 Å². The van der Waals surface area contributed by atoms with Gasteiger partial charge in [-0.05, 0) is 18.8 Å². The molecule has 1 aliphatic rings. The van der Waals surface area contributed by atoms with Gasteiger partial charge >= 0.3 is 0 Å². The van der Waals surface area contributed by atoms with E-state index in [2.05, 4.69) is 27.6 Å². The van der Waals surface area contributed by atoms with Crippen LogP contribution < -0.4 is 16.6 Å². The highest BCUT2D eigenvalue weighted by Gasteiger charge is 2.25. The van der Waals surface area contributed by atoms with Gasteiger partial charge in [0.15, 0.2) is 5.69 Å². The summed E-state index contributed by atoms with van der Waals surface area (Å²) in [6, 6.07) is 0.217. The smallest absolute Gasteiger partial charge is 0.272 e. The topological polar surface area (TPSA) is 92.9 Å². The quantitative estimate of drug-likeness (QED) is 0.584. The number of hydrazine groups is 1. The number of carbonyl (C=O) groups excluding carboxylic acids is 1. The first-order chi connectivity index (χ1) is 10.0. The molecule has 6 heteroatoms. The van der Waals surface area contributed by atoms with E-state index in [4.69, 9.17) is 5.84 Å². The second-order valence-electron chi connectivity index (χ2n) is 6.13. The standard InChI is InChI=1S/C15H25N5O/c1-9(2)14-17-8-12(20-16)13(19-14)15(21)18-11-7-5-4-6-10(11)3/h8-11,20H,4-7,16H2,1-3H3,(H,18,21). The lowest BCUT2D eigenvalue weighted by Gasteiger charge is -2.29. The van der Waals surface area contributed by atoms with Gasteiger partial charge in [0.05, 0.1) is 11.9 Å². The molecular formula is C15H25N5O.